The van der Waals surface area contributed by atoms with Crippen molar-refractivity contribution in [3.8, 4) is 0 Å². The third-order valence-electron chi connectivity index (χ3n) is 3.53. The molecule has 0 aliphatic carbocycles. The highest BCUT2D eigenvalue weighted by atomic mass is 32.2. The molecule has 23 heavy (non-hydrogen) atoms. The normalized spacial score (nSPS) is 13.5. The predicted octanol–water partition coefficient (Wildman–Crippen LogP) is 3.88. The standard InChI is InChI=1S/C19H21NO2S/c1-3-15-20-19(16-11-7-5-8-12-16)18(4-2)23(21,22)17-13-9-6-10-14-17/h3-14,19-20H,1,15H2,2H3/b18-4-/t19-/m1/s1. The van der Waals surface area contributed by atoms with E-state index in [1.165, 1.54) is 0 Å². The summed E-state index contributed by atoms with van der Waals surface area (Å²) in [5.41, 5.74) is 0.905. The predicted molar refractivity (Wildman–Crippen MR) is 94.8 cm³/mol. The van der Waals surface area contributed by atoms with Crippen LogP contribution in [0.5, 0.6) is 0 Å². The summed E-state index contributed by atoms with van der Waals surface area (Å²) in [6, 6.07) is 17.7. The van der Waals surface area contributed by atoms with E-state index in [1.54, 1.807) is 49.4 Å². The maximum absolute atomic E-state index is 13.0. The zero-order valence-corrected chi connectivity index (χ0v) is 14.0. The molecule has 0 amide bonds. The molecule has 0 saturated heterocycles. The highest BCUT2D eigenvalue weighted by Gasteiger charge is 2.28. The first-order valence-corrected chi connectivity index (χ1v) is 8.95. The lowest BCUT2D eigenvalue weighted by Gasteiger charge is -2.22. The van der Waals surface area contributed by atoms with Gasteiger partial charge < -0.3 is 5.32 Å². The van der Waals surface area contributed by atoms with Crippen molar-refractivity contribution in [3.63, 3.8) is 0 Å². The minimum atomic E-state index is -3.56. The summed E-state index contributed by atoms with van der Waals surface area (Å²) in [6.45, 7) is 5.97. The van der Waals surface area contributed by atoms with Crippen LogP contribution >= 0.6 is 0 Å². The molecule has 4 heteroatoms. The van der Waals surface area contributed by atoms with E-state index in [0.717, 1.165) is 5.56 Å². The van der Waals surface area contributed by atoms with E-state index in [0.29, 0.717) is 16.3 Å². The van der Waals surface area contributed by atoms with Gasteiger partial charge in [-0.3, -0.25) is 0 Å². The summed E-state index contributed by atoms with van der Waals surface area (Å²) in [6.07, 6.45) is 3.38. The summed E-state index contributed by atoms with van der Waals surface area (Å²) < 4.78 is 26.0. The van der Waals surface area contributed by atoms with Crippen LogP contribution in [-0.4, -0.2) is 15.0 Å². The van der Waals surface area contributed by atoms with Gasteiger partial charge in [-0.15, -0.1) is 6.58 Å². The van der Waals surface area contributed by atoms with Gasteiger partial charge in [0.2, 0.25) is 9.84 Å². The fourth-order valence-corrected chi connectivity index (χ4v) is 4.07. The summed E-state index contributed by atoms with van der Waals surface area (Å²) in [5.74, 6) is 0. The first-order chi connectivity index (χ1) is 11.1. The summed E-state index contributed by atoms with van der Waals surface area (Å²) in [4.78, 5) is 0.645. The minimum absolute atomic E-state index is 0.300. The first-order valence-electron chi connectivity index (χ1n) is 7.47. The monoisotopic (exact) mass is 327 g/mol. The fraction of sp³-hybridized carbons (Fsp3) is 0.158. The number of sulfone groups is 1. The van der Waals surface area contributed by atoms with Gasteiger partial charge in [-0.1, -0.05) is 60.7 Å². The largest absolute Gasteiger partial charge is 0.302 e. The van der Waals surface area contributed by atoms with Crippen molar-refractivity contribution >= 4 is 9.84 Å². The van der Waals surface area contributed by atoms with Crippen molar-refractivity contribution in [2.45, 2.75) is 17.9 Å². The van der Waals surface area contributed by atoms with Crippen molar-refractivity contribution in [1.82, 2.24) is 5.32 Å². The second-order valence-corrected chi connectivity index (χ2v) is 7.00. The third-order valence-corrected chi connectivity index (χ3v) is 5.52. The average Bonchev–Trinajstić information content (AvgIpc) is 2.60. The summed E-state index contributed by atoms with van der Waals surface area (Å²) >= 11 is 0. The number of hydrogen-bond acceptors (Lipinski definition) is 3. The van der Waals surface area contributed by atoms with Crippen LogP contribution in [0, 0.1) is 0 Å². The topological polar surface area (TPSA) is 46.2 Å². The van der Waals surface area contributed by atoms with E-state index in [4.69, 9.17) is 0 Å². The van der Waals surface area contributed by atoms with E-state index in [2.05, 4.69) is 11.9 Å². The molecular weight excluding hydrogens is 306 g/mol. The van der Waals surface area contributed by atoms with Crippen molar-refractivity contribution in [3.05, 3.63) is 89.9 Å². The molecule has 0 aliphatic heterocycles. The molecule has 2 aromatic rings. The fourth-order valence-electron chi connectivity index (χ4n) is 2.44. The highest BCUT2D eigenvalue weighted by Crippen LogP contribution is 2.30. The molecule has 0 radical (unpaired) electrons. The molecule has 1 N–H and O–H groups in total. The molecule has 0 aromatic heterocycles. The van der Waals surface area contributed by atoms with Gasteiger partial charge in [0.25, 0.3) is 0 Å². The first kappa shape index (κ1) is 17.2. The molecule has 3 nitrogen and oxygen atoms in total. The molecule has 1 atom stereocenters. The molecule has 2 rings (SSSR count). The summed E-state index contributed by atoms with van der Waals surface area (Å²) in [7, 11) is -3.56. The van der Waals surface area contributed by atoms with Crippen molar-refractivity contribution < 1.29 is 8.42 Å². The number of benzene rings is 2. The lowest BCUT2D eigenvalue weighted by molar-refractivity contribution is 0.587. The smallest absolute Gasteiger partial charge is 0.204 e. The van der Waals surface area contributed by atoms with Crippen LogP contribution in [0.4, 0.5) is 0 Å². The Kier molecular flexibility index (Phi) is 5.90. The van der Waals surface area contributed by atoms with Crippen LogP contribution < -0.4 is 5.32 Å². The van der Waals surface area contributed by atoms with Crippen LogP contribution in [0.3, 0.4) is 0 Å². The van der Waals surface area contributed by atoms with Gasteiger partial charge in [0.05, 0.1) is 15.8 Å². The second-order valence-electron chi connectivity index (χ2n) is 5.05. The lowest BCUT2D eigenvalue weighted by atomic mass is 10.1. The maximum atomic E-state index is 13.0. The van der Waals surface area contributed by atoms with Crippen LogP contribution in [0.2, 0.25) is 0 Å². The van der Waals surface area contributed by atoms with E-state index in [9.17, 15) is 8.42 Å². The maximum Gasteiger partial charge on any atom is 0.204 e. The Balaban J connectivity index is 2.49. The molecule has 2 aromatic carbocycles. The number of hydrogen-bond donors (Lipinski definition) is 1. The van der Waals surface area contributed by atoms with E-state index >= 15 is 0 Å². The Bertz CT molecular complexity index is 766. The molecule has 0 heterocycles. The van der Waals surface area contributed by atoms with Crippen LogP contribution in [0.25, 0.3) is 0 Å². The zero-order chi connectivity index (χ0) is 16.7. The van der Waals surface area contributed by atoms with Crippen molar-refractivity contribution in [1.29, 1.82) is 0 Å². The van der Waals surface area contributed by atoms with Gasteiger partial charge in [0, 0.05) is 6.54 Å². The summed E-state index contributed by atoms with van der Waals surface area (Å²) in [5, 5.41) is 3.25. The Morgan fingerprint density at radius 2 is 1.65 bits per heavy atom. The van der Waals surface area contributed by atoms with Crippen molar-refractivity contribution in [2.75, 3.05) is 6.54 Å². The Morgan fingerprint density at radius 3 is 2.17 bits per heavy atom. The van der Waals surface area contributed by atoms with Gasteiger partial charge in [-0.25, -0.2) is 8.42 Å². The minimum Gasteiger partial charge on any atom is -0.302 e. The SMILES string of the molecule is C=CCN[C@@H](/C(=C/C)S(=O)(=O)c1ccccc1)c1ccccc1. The van der Waals surface area contributed by atoms with Gasteiger partial charge in [0.1, 0.15) is 0 Å². The van der Waals surface area contributed by atoms with Gasteiger partial charge in [-0.05, 0) is 24.6 Å². The van der Waals surface area contributed by atoms with Gasteiger partial charge in [0.15, 0.2) is 0 Å². The quantitative estimate of drug-likeness (QED) is 0.785. The number of allylic oxidation sites excluding steroid dienone is 1. The molecule has 0 aliphatic rings. The number of rotatable bonds is 7. The molecule has 0 unspecified atom stereocenters. The molecule has 120 valence electrons. The van der Waals surface area contributed by atoms with E-state index in [1.807, 2.05) is 30.3 Å². The van der Waals surface area contributed by atoms with E-state index < -0.39 is 15.9 Å². The third kappa shape index (κ3) is 3.97. The van der Waals surface area contributed by atoms with Crippen LogP contribution in [-0.2, 0) is 9.84 Å². The molecular formula is C19H21NO2S. The Morgan fingerprint density at radius 1 is 1.09 bits per heavy atom. The molecule has 0 bridgehead atoms. The van der Waals surface area contributed by atoms with Crippen molar-refractivity contribution in [2.24, 2.45) is 0 Å². The molecule has 0 spiro atoms. The lowest BCUT2D eigenvalue weighted by Crippen LogP contribution is -2.27. The zero-order valence-electron chi connectivity index (χ0n) is 13.1. The van der Waals surface area contributed by atoms with Gasteiger partial charge in [-0.2, -0.15) is 0 Å². The average molecular weight is 327 g/mol. The Labute approximate surface area is 138 Å². The number of nitrogens with one attached hydrogen (secondary N) is 1. The van der Waals surface area contributed by atoms with Gasteiger partial charge >= 0.3 is 0 Å². The molecule has 0 saturated carbocycles. The van der Waals surface area contributed by atoms with Crippen LogP contribution in [0.15, 0.2) is 89.2 Å². The van der Waals surface area contributed by atoms with Crippen LogP contribution in [0.1, 0.15) is 18.5 Å². The molecule has 0 fully saturated rings. The van der Waals surface area contributed by atoms with E-state index in [-0.39, 0.29) is 0 Å². The second kappa shape index (κ2) is 7.90. The highest BCUT2D eigenvalue weighted by molar-refractivity contribution is 7.95. The Hall–Kier alpha value is -2.17.